The number of para-hydroxylation sites is 1. The highest BCUT2D eigenvalue weighted by Crippen LogP contribution is 2.26. The van der Waals surface area contributed by atoms with Crippen LogP contribution in [0.5, 0.6) is 17.4 Å². The summed E-state index contributed by atoms with van der Waals surface area (Å²) < 4.78 is 11.2. The Bertz CT molecular complexity index is 954. The summed E-state index contributed by atoms with van der Waals surface area (Å²) in [5, 5.41) is 2.86. The number of anilines is 1. The van der Waals surface area contributed by atoms with Crippen LogP contribution in [0.4, 0.5) is 5.69 Å². The van der Waals surface area contributed by atoms with E-state index >= 15 is 0 Å². The largest absolute Gasteiger partial charge is 0.488 e. The van der Waals surface area contributed by atoms with Crippen molar-refractivity contribution in [2.24, 2.45) is 0 Å². The smallest absolute Gasteiger partial charge is 0.255 e. The molecule has 4 rings (SSSR count). The molecule has 6 nitrogen and oxygen atoms in total. The quantitative estimate of drug-likeness (QED) is 0.781. The molecular weight excluding hydrogens is 330 g/mol. The van der Waals surface area contributed by atoms with E-state index in [1.807, 2.05) is 30.3 Å². The van der Waals surface area contributed by atoms with Gasteiger partial charge in [-0.1, -0.05) is 18.2 Å². The molecule has 0 radical (unpaired) electrons. The molecule has 0 bridgehead atoms. The number of amides is 1. The molecule has 128 valence electrons. The third-order valence-electron chi connectivity index (χ3n) is 3.80. The van der Waals surface area contributed by atoms with Crippen LogP contribution < -0.4 is 14.8 Å². The van der Waals surface area contributed by atoms with Crippen LogP contribution >= 0.6 is 0 Å². The first-order valence-electron chi connectivity index (χ1n) is 8.06. The van der Waals surface area contributed by atoms with Crippen molar-refractivity contribution in [1.29, 1.82) is 0 Å². The molecule has 0 unspecified atom stereocenters. The number of carbonyl (C=O) groups excluding carboxylic acids is 1. The third-order valence-corrected chi connectivity index (χ3v) is 3.80. The zero-order valence-electron chi connectivity index (χ0n) is 13.8. The van der Waals surface area contributed by atoms with E-state index in [2.05, 4.69) is 15.3 Å². The second kappa shape index (κ2) is 7.06. The first-order valence-corrected chi connectivity index (χ1v) is 8.06. The lowest BCUT2D eigenvalue weighted by atomic mass is 10.1. The molecule has 0 saturated heterocycles. The van der Waals surface area contributed by atoms with Crippen LogP contribution in [0, 0.1) is 0 Å². The summed E-state index contributed by atoms with van der Waals surface area (Å²) in [7, 11) is 0. The highest BCUT2D eigenvalue weighted by molar-refractivity contribution is 6.07. The molecule has 2 aromatic carbocycles. The Morgan fingerprint density at radius 1 is 1.08 bits per heavy atom. The molecule has 0 atom stereocenters. The van der Waals surface area contributed by atoms with Crippen molar-refractivity contribution in [3.63, 3.8) is 0 Å². The maximum atomic E-state index is 12.4. The van der Waals surface area contributed by atoms with E-state index in [-0.39, 0.29) is 12.5 Å². The summed E-state index contributed by atoms with van der Waals surface area (Å²) in [5.74, 6) is 1.61. The minimum atomic E-state index is -0.193. The Hall–Kier alpha value is -3.67. The first kappa shape index (κ1) is 15.8. The first-order chi connectivity index (χ1) is 12.8. The lowest BCUT2D eigenvalue weighted by Gasteiger charge is -2.17. The molecule has 1 aliphatic rings. The second-order valence-corrected chi connectivity index (χ2v) is 5.62. The van der Waals surface area contributed by atoms with Gasteiger partial charge in [-0.15, -0.1) is 0 Å². The zero-order valence-corrected chi connectivity index (χ0v) is 13.8. The normalized spacial score (nSPS) is 12.4. The maximum Gasteiger partial charge on any atom is 0.255 e. The summed E-state index contributed by atoms with van der Waals surface area (Å²) >= 11 is 0. The number of fused-ring (bicyclic) bond motifs is 1. The minimum Gasteiger partial charge on any atom is -0.488 e. The Labute approximate surface area is 150 Å². The molecule has 6 heteroatoms. The minimum absolute atomic E-state index is 0.193. The number of nitrogens with one attached hydrogen (secondary N) is 1. The summed E-state index contributed by atoms with van der Waals surface area (Å²) in [6.45, 7) is 0.247. The Kier molecular flexibility index (Phi) is 4.30. The van der Waals surface area contributed by atoms with E-state index in [1.54, 1.807) is 36.7 Å². The molecule has 1 aliphatic heterocycles. The molecule has 1 aromatic heterocycles. The average molecular weight is 345 g/mol. The molecule has 0 spiro atoms. The van der Waals surface area contributed by atoms with E-state index in [9.17, 15) is 4.79 Å². The Balaban J connectivity index is 1.43. The molecule has 0 aliphatic carbocycles. The Morgan fingerprint density at radius 2 is 1.92 bits per heavy atom. The number of nitrogens with zero attached hydrogens (tertiary/aromatic N) is 2. The van der Waals surface area contributed by atoms with E-state index in [0.717, 1.165) is 11.3 Å². The average Bonchev–Trinajstić information content (AvgIpc) is 2.70. The predicted molar refractivity (Wildman–Crippen MR) is 97.1 cm³/mol. The zero-order chi connectivity index (χ0) is 17.8. The topological polar surface area (TPSA) is 73.3 Å². The van der Waals surface area contributed by atoms with Gasteiger partial charge < -0.3 is 14.8 Å². The molecule has 26 heavy (non-hydrogen) atoms. The fraction of sp³-hybridized carbons (Fsp3) is 0.0500. The van der Waals surface area contributed by atoms with Crippen molar-refractivity contribution in [3.8, 4) is 17.4 Å². The van der Waals surface area contributed by atoms with Gasteiger partial charge >= 0.3 is 0 Å². The highest BCUT2D eigenvalue weighted by atomic mass is 16.5. The van der Waals surface area contributed by atoms with Gasteiger partial charge in [0.25, 0.3) is 5.91 Å². The SMILES string of the molecule is O=C(Nc1ccc(Oc2cnccn2)cc1)C1=Cc2ccccc2OC1. The van der Waals surface area contributed by atoms with Crippen molar-refractivity contribution < 1.29 is 14.3 Å². The van der Waals surface area contributed by atoms with Crippen LogP contribution in [0.1, 0.15) is 5.56 Å². The number of benzene rings is 2. The van der Waals surface area contributed by atoms with E-state index < -0.39 is 0 Å². The number of carbonyl (C=O) groups is 1. The third kappa shape index (κ3) is 3.54. The number of hydrogen-bond donors (Lipinski definition) is 1. The van der Waals surface area contributed by atoms with Gasteiger partial charge in [0.05, 0.1) is 11.8 Å². The van der Waals surface area contributed by atoms with Crippen molar-refractivity contribution in [3.05, 3.63) is 78.3 Å². The van der Waals surface area contributed by atoms with E-state index in [1.165, 1.54) is 6.20 Å². The van der Waals surface area contributed by atoms with Crippen molar-refractivity contribution in [2.45, 2.75) is 0 Å². The van der Waals surface area contributed by atoms with Crippen molar-refractivity contribution in [1.82, 2.24) is 9.97 Å². The van der Waals surface area contributed by atoms with Gasteiger partial charge in [-0.3, -0.25) is 9.78 Å². The molecule has 2 heterocycles. The van der Waals surface area contributed by atoms with Gasteiger partial charge in [-0.25, -0.2) is 4.98 Å². The lowest BCUT2D eigenvalue weighted by molar-refractivity contribution is -0.113. The highest BCUT2D eigenvalue weighted by Gasteiger charge is 2.17. The van der Waals surface area contributed by atoms with Gasteiger partial charge in [0.15, 0.2) is 0 Å². The van der Waals surface area contributed by atoms with E-state index in [0.29, 0.717) is 22.9 Å². The van der Waals surface area contributed by atoms with Crippen LogP contribution in [0.2, 0.25) is 0 Å². The second-order valence-electron chi connectivity index (χ2n) is 5.62. The number of aromatic nitrogens is 2. The fourth-order valence-electron chi connectivity index (χ4n) is 2.52. The van der Waals surface area contributed by atoms with Gasteiger partial charge in [-0.05, 0) is 36.4 Å². The van der Waals surface area contributed by atoms with Crippen LogP contribution in [0.3, 0.4) is 0 Å². The van der Waals surface area contributed by atoms with Gasteiger partial charge in [0.2, 0.25) is 5.88 Å². The lowest BCUT2D eigenvalue weighted by Crippen LogP contribution is -2.21. The number of rotatable bonds is 4. The summed E-state index contributed by atoms with van der Waals surface area (Å²) in [6.07, 6.45) is 6.51. The molecule has 1 amide bonds. The number of ether oxygens (including phenoxy) is 2. The molecule has 0 saturated carbocycles. The van der Waals surface area contributed by atoms with E-state index in [4.69, 9.17) is 9.47 Å². The van der Waals surface area contributed by atoms with Gasteiger partial charge in [-0.2, -0.15) is 0 Å². The monoisotopic (exact) mass is 345 g/mol. The summed E-state index contributed by atoms with van der Waals surface area (Å²) in [6, 6.07) is 14.7. The Morgan fingerprint density at radius 3 is 2.73 bits per heavy atom. The number of hydrogen-bond acceptors (Lipinski definition) is 5. The van der Waals surface area contributed by atoms with Crippen molar-refractivity contribution in [2.75, 3.05) is 11.9 Å². The van der Waals surface area contributed by atoms with Gasteiger partial charge in [0, 0.05) is 23.6 Å². The molecular formula is C20H15N3O3. The molecule has 0 fully saturated rings. The van der Waals surface area contributed by atoms with Crippen LogP contribution in [0.25, 0.3) is 6.08 Å². The summed E-state index contributed by atoms with van der Waals surface area (Å²) in [5.41, 5.74) is 2.14. The van der Waals surface area contributed by atoms with Crippen LogP contribution in [-0.2, 0) is 4.79 Å². The molecule has 1 N–H and O–H groups in total. The van der Waals surface area contributed by atoms with Crippen LogP contribution in [0.15, 0.2) is 72.7 Å². The fourth-order valence-corrected chi connectivity index (χ4v) is 2.52. The van der Waals surface area contributed by atoms with Crippen molar-refractivity contribution >= 4 is 17.7 Å². The summed E-state index contributed by atoms with van der Waals surface area (Å²) in [4.78, 5) is 20.4. The molecule has 3 aromatic rings. The standard InChI is InChI=1S/C20H15N3O3/c24-20(15-11-14-3-1-2-4-18(14)25-13-15)23-16-5-7-17(8-6-16)26-19-12-21-9-10-22-19/h1-12H,13H2,(H,23,24). The van der Waals surface area contributed by atoms with Crippen LogP contribution in [-0.4, -0.2) is 22.5 Å². The van der Waals surface area contributed by atoms with Gasteiger partial charge in [0.1, 0.15) is 18.1 Å². The maximum absolute atomic E-state index is 12.4. The predicted octanol–water partition coefficient (Wildman–Crippen LogP) is 3.68.